The highest BCUT2D eigenvalue weighted by molar-refractivity contribution is 7.89. The van der Waals surface area contributed by atoms with E-state index in [1.165, 1.54) is 0 Å². The molecule has 1 N–H and O–H groups in total. The Morgan fingerprint density at radius 1 is 1.05 bits per heavy atom. The summed E-state index contributed by atoms with van der Waals surface area (Å²) in [5.74, 6) is -0.0828. The first-order valence-corrected chi connectivity index (χ1v) is 14.4. The summed E-state index contributed by atoms with van der Waals surface area (Å²) in [6.45, 7) is 11.8. The number of carbonyl (C=O) groups is 1. The van der Waals surface area contributed by atoms with Gasteiger partial charge in [-0.15, -0.1) is 0 Å². The van der Waals surface area contributed by atoms with Crippen LogP contribution in [0, 0.1) is 18.8 Å². The lowest BCUT2D eigenvalue weighted by Gasteiger charge is -2.31. The first-order valence-electron chi connectivity index (χ1n) is 13.0. The van der Waals surface area contributed by atoms with Gasteiger partial charge in [0, 0.05) is 18.5 Å². The van der Waals surface area contributed by atoms with E-state index < -0.39 is 27.8 Å². The number of hydrogen-bond acceptors (Lipinski definition) is 4. The minimum Gasteiger partial charge on any atom is -0.444 e. The van der Waals surface area contributed by atoms with Crippen LogP contribution in [0.4, 0.5) is 4.79 Å². The summed E-state index contributed by atoms with van der Waals surface area (Å²) in [5, 5.41) is 5.30. The standard InChI is InChI=1S/C30H38N2O4S/c1-7-26-21(3)32(37(34,35)25-16-12-20(2)13-17-25)19-27(26)28(31-29(33)36-30(4,5)6)24-15-14-22-10-8-9-11-23(22)18-24/h8-18,21,26-28H,7,19H2,1-6H3,(H,31,33)/t21-,26+,27+,28+/m1/s1. The topological polar surface area (TPSA) is 75.7 Å². The number of rotatable bonds is 6. The van der Waals surface area contributed by atoms with Gasteiger partial charge in [0.2, 0.25) is 10.0 Å². The van der Waals surface area contributed by atoms with Gasteiger partial charge in [-0.1, -0.05) is 67.4 Å². The Hall–Kier alpha value is -2.90. The molecule has 1 fully saturated rings. The van der Waals surface area contributed by atoms with E-state index >= 15 is 0 Å². The molecule has 1 heterocycles. The summed E-state index contributed by atoms with van der Waals surface area (Å²) in [5.41, 5.74) is 1.30. The van der Waals surface area contributed by atoms with E-state index in [4.69, 9.17) is 4.74 Å². The summed E-state index contributed by atoms with van der Waals surface area (Å²) in [4.78, 5) is 13.3. The summed E-state index contributed by atoms with van der Waals surface area (Å²) >= 11 is 0. The Balaban J connectivity index is 1.74. The van der Waals surface area contributed by atoms with Gasteiger partial charge < -0.3 is 10.1 Å². The molecule has 6 nitrogen and oxygen atoms in total. The lowest BCUT2D eigenvalue weighted by atomic mass is 9.81. The van der Waals surface area contributed by atoms with Crippen LogP contribution in [0.25, 0.3) is 10.8 Å². The Bertz CT molecular complexity index is 1360. The molecule has 0 spiro atoms. The quantitative estimate of drug-likeness (QED) is 0.404. The van der Waals surface area contributed by atoms with Gasteiger partial charge in [-0.25, -0.2) is 13.2 Å². The van der Waals surface area contributed by atoms with E-state index in [0.29, 0.717) is 11.4 Å². The maximum absolute atomic E-state index is 13.7. The second-order valence-electron chi connectivity index (χ2n) is 11.1. The molecule has 4 rings (SSSR count). The van der Waals surface area contributed by atoms with Crippen molar-refractivity contribution in [3.8, 4) is 0 Å². The van der Waals surface area contributed by atoms with Crippen LogP contribution in [0.1, 0.15) is 58.2 Å². The molecule has 37 heavy (non-hydrogen) atoms. The van der Waals surface area contributed by atoms with Crippen LogP contribution in [-0.2, 0) is 14.8 Å². The third kappa shape index (κ3) is 5.83. The van der Waals surface area contributed by atoms with Crippen molar-refractivity contribution in [3.63, 3.8) is 0 Å². The molecule has 0 saturated carbocycles. The van der Waals surface area contributed by atoms with Gasteiger partial charge in [-0.2, -0.15) is 4.31 Å². The fourth-order valence-corrected chi connectivity index (χ4v) is 7.23. The maximum atomic E-state index is 13.7. The van der Waals surface area contributed by atoms with Crippen molar-refractivity contribution < 1.29 is 17.9 Å². The number of benzene rings is 3. The van der Waals surface area contributed by atoms with E-state index in [9.17, 15) is 13.2 Å². The summed E-state index contributed by atoms with van der Waals surface area (Å²) in [6, 6.07) is 20.6. The van der Waals surface area contributed by atoms with E-state index in [0.717, 1.165) is 28.3 Å². The SMILES string of the molecule is CC[C@@H]1[C@@H]([C@@H](NC(=O)OC(C)(C)C)c2ccc3ccccc3c2)CN(S(=O)(=O)c2ccc(C)cc2)[C@@H]1C. The molecule has 1 amide bonds. The minimum atomic E-state index is -3.70. The first-order chi connectivity index (χ1) is 17.4. The number of fused-ring (bicyclic) bond motifs is 1. The molecule has 1 aliphatic rings. The van der Waals surface area contributed by atoms with Crippen LogP contribution in [0.15, 0.2) is 71.6 Å². The van der Waals surface area contributed by atoms with Crippen molar-refractivity contribution >= 4 is 26.9 Å². The van der Waals surface area contributed by atoms with E-state index in [1.54, 1.807) is 16.4 Å². The van der Waals surface area contributed by atoms with Gasteiger partial charge in [0.1, 0.15) is 5.60 Å². The lowest BCUT2D eigenvalue weighted by molar-refractivity contribution is 0.0477. The van der Waals surface area contributed by atoms with E-state index in [1.807, 2.05) is 71.0 Å². The smallest absolute Gasteiger partial charge is 0.408 e. The van der Waals surface area contributed by atoms with Crippen molar-refractivity contribution in [1.29, 1.82) is 0 Å². The molecule has 3 aromatic rings. The predicted octanol–water partition coefficient (Wildman–Crippen LogP) is 6.45. The van der Waals surface area contributed by atoms with Crippen molar-refractivity contribution in [3.05, 3.63) is 77.9 Å². The first kappa shape index (κ1) is 27.1. The third-order valence-corrected chi connectivity index (χ3v) is 9.31. The zero-order valence-electron chi connectivity index (χ0n) is 22.6. The minimum absolute atomic E-state index is 0.0478. The number of hydrogen-bond donors (Lipinski definition) is 1. The van der Waals surface area contributed by atoms with Gasteiger partial charge in [-0.3, -0.25) is 0 Å². The normalized spacial score (nSPS) is 21.6. The molecule has 0 aromatic heterocycles. The Morgan fingerprint density at radius 2 is 1.70 bits per heavy atom. The largest absolute Gasteiger partial charge is 0.444 e. The number of aryl methyl sites for hydroxylation is 1. The van der Waals surface area contributed by atoms with Crippen LogP contribution in [-0.4, -0.2) is 37.0 Å². The monoisotopic (exact) mass is 522 g/mol. The molecule has 7 heteroatoms. The molecule has 4 atom stereocenters. The highest BCUT2D eigenvalue weighted by Gasteiger charge is 2.47. The Kier molecular flexibility index (Phi) is 7.67. The van der Waals surface area contributed by atoms with Crippen molar-refractivity contribution in [1.82, 2.24) is 9.62 Å². The molecule has 1 saturated heterocycles. The summed E-state index contributed by atoms with van der Waals surface area (Å²) in [6.07, 6.45) is 0.277. The molecule has 3 aromatic carbocycles. The molecule has 0 bridgehead atoms. The Labute approximate surface area is 221 Å². The summed E-state index contributed by atoms with van der Waals surface area (Å²) in [7, 11) is -3.70. The van der Waals surface area contributed by atoms with Crippen molar-refractivity contribution in [2.75, 3.05) is 6.54 Å². The van der Waals surface area contributed by atoms with Gasteiger partial charge in [0.25, 0.3) is 0 Å². The molecule has 0 aliphatic carbocycles. The number of sulfonamides is 1. The molecule has 0 unspecified atom stereocenters. The van der Waals surface area contributed by atoms with Gasteiger partial charge >= 0.3 is 6.09 Å². The summed E-state index contributed by atoms with van der Waals surface area (Å²) < 4.78 is 34.7. The number of ether oxygens (including phenoxy) is 1. The average Bonchev–Trinajstić information content (AvgIpc) is 3.18. The number of nitrogens with zero attached hydrogens (tertiary/aromatic N) is 1. The van der Waals surface area contributed by atoms with Crippen LogP contribution in [0.2, 0.25) is 0 Å². The zero-order valence-corrected chi connectivity index (χ0v) is 23.4. The number of carbonyl (C=O) groups excluding carboxylic acids is 1. The fraction of sp³-hybridized carbons (Fsp3) is 0.433. The molecular weight excluding hydrogens is 484 g/mol. The number of alkyl carbamates (subject to hydrolysis) is 1. The van der Waals surface area contributed by atoms with Gasteiger partial charge in [0.15, 0.2) is 0 Å². The average molecular weight is 523 g/mol. The molecule has 0 radical (unpaired) electrons. The van der Waals surface area contributed by atoms with Crippen LogP contribution in [0.5, 0.6) is 0 Å². The van der Waals surface area contributed by atoms with Gasteiger partial charge in [-0.05, 0) is 75.1 Å². The maximum Gasteiger partial charge on any atom is 0.408 e. The zero-order chi connectivity index (χ0) is 27.0. The van der Waals surface area contributed by atoms with Crippen LogP contribution in [0.3, 0.4) is 0 Å². The van der Waals surface area contributed by atoms with E-state index in [-0.39, 0.29) is 17.9 Å². The van der Waals surface area contributed by atoms with Crippen LogP contribution >= 0.6 is 0 Å². The Morgan fingerprint density at radius 3 is 2.32 bits per heavy atom. The lowest BCUT2D eigenvalue weighted by Crippen LogP contribution is -2.40. The van der Waals surface area contributed by atoms with Gasteiger partial charge in [0.05, 0.1) is 10.9 Å². The predicted molar refractivity (Wildman–Crippen MR) is 148 cm³/mol. The van der Waals surface area contributed by atoms with Crippen molar-refractivity contribution in [2.45, 2.75) is 70.5 Å². The van der Waals surface area contributed by atoms with E-state index in [2.05, 4.69) is 30.4 Å². The third-order valence-electron chi connectivity index (χ3n) is 7.35. The second kappa shape index (κ2) is 10.5. The molecule has 1 aliphatic heterocycles. The molecule has 198 valence electrons. The second-order valence-corrected chi connectivity index (χ2v) is 13.0. The number of amides is 1. The molecular formula is C30H38N2O4S. The van der Waals surface area contributed by atoms with Crippen molar-refractivity contribution in [2.24, 2.45) is 11.8 Å². The fourth-order valence-electron chi connectivity index (χ4n) is 5.51. The number of nitrogens with one attached hydrogen (secondary N) is 1. The highest BCUT2D eigenvalue weighted by Crippen LogP contribution is 2.43. The highest BCUT2D eigenvalue weighted by atomic mass is 32.2. The van der Waals surface area contributed by atoms with Crippen LogP contribution < -0.4 is 5.32 Å².